The Hall–Kier alpha value is -1.80. The van der Waals surface area contributed by atoms with Crippen LogP contribution in [-0.4, -0.2) is 7.05 Å². The second-order valence-electron chi connectivity index (χ2n) is 4.77. The average Bonchev–Trinajstić information content (AvgIpc) is 2.39. The van der Waals surface area contributed by atoms with Gasteiger partial charge in [0.1, 0.15) is 0 Å². The zero-order valence-electron chi connectivity index (χ0n) is 11.2. The molecule has 0 amide bonds. The second kappa shape index (κ2) is 5.23. The Bertz CT molecular complexity index is 498. The summed E-state index contributed by atoms with van der Waals surface area (Å²) in [7, 11) is 2.07. The first-order valence-electron chi connectivity index (χ1n) is 6.24. The molecular formula is C16H20N2. The molecule has 2 rings (SSSR count). The van der Waals surface area contributed by atoms with Crippen LogP contribution >= 0.6 is 0 Å². The van der Waals surface area contributed by atoms with Gasteiger partial charge in [0.15, 0.2) is 0 Å². The fraction of sp³-hybridized carbons (Fsp3) is 0.250. The van der Waals surface area contributed by atoms with Gasteiger partial charge in [-0.3, -0.25) is 0 Å². The number of aryl methyl sites for hydroxylation is 1. The maximum Gasteiger partial charge on any atom is 0.0408 e. The van der Waals surface area contributed by atoms with Crippen molar-refractivity contribution in [2.75, 3.05) is 11.9 Å². The Labute approximate surface area is 109 Å². The summed E-state index contributed by atoms with van der Waals surface area (Å²) in [5.41, 5.74) is 10.7. The van der Waals surface area contributed by atoms with Crippen molar-refractivity contribution in [1.82, 2.24) is 0 Å². The van der Waals surface area contributed by atoms with Crippen LogP contribution in [0.3, 0.4) is 0 Å². The van der Waals surface area contributed by atoms with Crippen molar-refractivity contribution in [3.63, 3.8) is 0 Å². The number of hydrogen-bond acceptors (Lipinski definition) is 2. The molecule has 0 fully saturated rings. The summed E-state index contributed by atoms with van der Waals surface area (Å²) < 4.78 is 0. The minimum Gasteiger partial charge on any atom is -0.345 e. The molecule has 0 aromatic heterocycles. The number of hydrogen-bond donors (Lipinski definition) is 1. The van der Waals surface area contributed by atoms with Gasteiger partial charge in [-0.2, -0.15) is 0 Å². The van der Waals surface area contributed by atoms with Crippen molar-refractivity contribution in [2.24, 2.45) is 5.73 Å². The molecule has 2 N–H and O–H groups in total. The van der Waals surface area contributed by atoms with Gasteiger partial charge >= 0.3 is 0 Å². The second-order valence-corrected chi connectivity index (χ2v) is 4.77. The molecule has 0 saturated heterocycles. The highest BCUT2D eigenvalue weighted by Gasteiger charge is 2.04. The maximum atomic E-state index is 5.85. The Morgan fingerprint density at radius 3 is 1.78 bits per heavy atom. The van der Waals surface area contributed by atoms with Gasteiger partial charge in [-0.1, -0.05) is 29.8 Å². The van der Waals surface area contributed by atoms with Gasteiger partial charge in [-0.25, -0.2) is 0 Å². The van der Waals surface area contributed by atoms with E-state index in [1.165, 1.54) is 16.9 Å². The number of rotatable bonds is 3. The van der Waals surface area contributed by atoms with E-state index >= 15 is 0 Å². The van der Waals surface area contributed by atoms with Crippen molar-refractivity contribution in [3.05, 3.63) is 59.7 Å². The molecule has 1 atom stereocenters. The van der Waals surface area contributed by atoms with E-state index in [1.54, 1.807) is 0 Å². The van der Waals surface area contributed by atoms with Crippen molar-refractivity contribution in [3.8, 4) is 0 Å². The number of nitrogens with zero attached hydrogens (tertiary/aromatic N) is 1. The lowest BCUT2D eigenvalue weighted by Gasteiger charge is -2.20. The first-order valence-corrected chi connectivity index (χ1v) is 6.24. The molecule has 0 saturated carbocycles. The highest BCUT2D eigenvalue weighted by Crippen LogP contribution is 2.24. The van der Waals surface area contributed by atoms with Crippen LogP contribution in [0.5, 0.6) is 0 Å². The Kier molecular flexibility index (Phi) is 3.68. The minimum atomic E-state index is 0.0868. The van der Waals surface area contributed by atoms with Crippen LogP contribution in [-0.2, 0) is 0 Å². The summed E-state index contributed by atoms with van der Waals surface area (Å²) in [6.07, 6.45) is 0. The highest BCUT2D eigenvalue weighted by molar-refractivity contribution is 5.62. The van der Waals surface area contributed by atoms with Crippen LogP contribution in [0.1, 0.15) is 24.1 Å². The van der Waals surface area contributed by atoms with E-state index in [0.29, 0.717) is 0 Å². The quantitative estimate of drug-likeness (QED) is 0.884. The molecular weight excluding hydrogens is 220 g/mol. The van der Waals surface area contributed by atoms with Gasteiger partial charge in [-0.15, -0.1) is 0 Å². The molecule has 0 aliphatic rings. The summed E-state index contributed by atoms with van der Waals surface area (Å²) in [6.45, 7) is 4.10. The molecule has 0 heterocycles. The fourth-order valence-corrected chi connectivity index (χ4v) is 1.92. The SMILES string of the molecule is Cc1ccc(N(C)c2ccc([C@H](C)N)cc2)cc1. The predicted octanol–water partition coefficient (Wildman–Crippen LogP) is 3.78. The zero-order chi connectivity index (χ0) is 13.1. The summed E-state index contributed by atoms with van der Waals surface area (Å²) in [6, 6.07) is 17.0. The van der Waals surface area contributed by atoms with Gasteiger partial charge in [-0.05, 0) is 43.7 Å². The third-order valence-corrected chi connectivity index (χ3v) is 3.23. The number of anilines is 2. The topological polar surface area (TPSA) is 29.3 Å². The van der Waals surface area contributed by atoms with Crippen LogP contribution in [0, 0.1) is 6.92 Å². The standard InChI is InChI=1S/C16H20N2/c1-12-4-8-15(9-5-12)18(3)16-10-6-14(7-11-16)13(2)17/h4-11,13H,17H2,1-3H3/t13-/m0/s1. The Morgan fingerprint density at radius 2 is 1.33 bits per heavy atom. The molecule has 0 radical (unpaired) electrons. The Balaban J connectivity index is 2.23. The van der Waals surface area contributed by atoms with Gasteiger partial charge < -0.3 is 10.6 Å². The molecule has 2 nitrogen and oxygen atoms in total. The first-order chi connectivity index (χ1) is 8.58. The minimum absolute atomic E-state index is 0.0868. The molecule has 0 aliphatic carbocycles. The molecule has 2 aromatic rings. The number of nitrogens with two attached hydrogens (primary N) is 1. The van der Waals surface area contributed by atoms with Crippen molar-refractivity contribution in [1.29, 1.82) is 0 Å². The van der Waals surface area contributed by atoms with Crippen LogP contribution < -0.4 is 10.6 Å². The predicted molar refractivity (Wildman–Crippen MR) is 78.3 cm³/mol. The third-order valence-electron chi connectivity index (χ3n) is 3.23. The van der Waals surface area contributed by atoms with E-state index in [9.17, 15) is 0 Å². The summed E-state index contributed by atoms with van der Waals surface area (Å²) in [5, 5.41) is 0. The van der Waals surface area contributed by atoms with Crippen LogP contribution in [0.4, 0.5) is 11.4 Å². The summed E-state index contributed by atoms with van der Waals surface area (Å²) in [4.78, 5) is 2.17. The summed E-state index contributed by atoms with van der Waals surface area (Å²) in [5.74, 6) is 0. The molecule has 0 aliphatic heterocycles. The molecule has 0 bridgehead atoms. The number of benzene rings is 2. The lowest BCUT2D eigenvalue weighted by Crippen LogP contribution is -2.10. The molecule has 2 heteroatoms. The molecule has 0 spiro atoms. The lowest BCUT2D eigenvalue weighted by molar-refractivity contribution is 0.818. The van der Waals surface area contributed by atoms with Crippen molar-refractivity contribution < 1.29 is 0 Å². The van der Waals surface area contributed by atoms with Gasteiger partial charge in [0.05, 0.1) is 0 Å². The van der Waals surface area contributed by atoms with E-state index in [0.717, 1.165) is 5.56 Å². The van der Waals surface area contributed by atoms with Crippen molar-refractivity contribution >= 4 is 11.4 Å². The normalized spacial score (nSPS) is 12.2. The van der Waals surface area contributed by atoms with Gasteiger partial charge in [0.25, 0.3) is 0 Å². The lowest BCUT2D eigenvalue weighted by atomic mass is 10.1. The van der Waals surface area contributed by atoms with E-state index < -0.39 is 0 Å². The highest BCUT2D eigenvalue weighted by atomic mass is 15.1. The monoisotopic (exact) mass is 240 g/mol. The average molecular weight is 240 g/mol. The van der Waals surface area contributed by atoms with E-state index in [4.69, 9.17) is 5.73 Å². The van der Waals surface area contributed by atoms with Crippen LogP contribution in [0.2, 0.25) is 0 Å². The van der Waals surface area contributed by atoms with Gasteiger partial charge in [0.2, 0.25) is 0 Å². The van der Waals surface area contributed by atoms with E-state index in [1.807, 2.05) is 6.92 Å². The summed E-state index contributed by atoms with van der Waals surface area (Å²) >= 11 is 0. The molecule has 2 aromatic carbocycles. The zero-order valence-corrected chi connectivity index (χ0v) is 11.2. The van der Waals surface area contributed by atoms with Crippen molar-refractivity contribution in [2.45, 2.75) is 19.9 Å². The fourth-order valence-electron chi connectivity index (χ4n) is 1.92. The molecule has 0 unspecified atom stereocenters. The Morgan fingerprint density at radius 1 is 0.889 bits per heavy atom. The first kappa shape index (κ1) is 12.7. The van der Waals surface area contributed by atoms with Crippen LogP contribution in [0.15, 0.2) is 48.5 Å². The third kappa shape index (κ3) is 2.71. The van der Waals surface area contributed by atoms with E-state index in [-0.39, 0.29) is 6.04 Å². The molecule has 18 heavy (non-hydrogen) atoms. The molecule has 94 valence electrons. The smallest absolute Gasteiger partial charge is 0.0408 e. The van der Waals surface area contributed by atoms with Crippen LogP contribution in [0.25, 0.3) is 0 Å². The van der Waals surface area contributed by atoms with Gasteiger partial charge in [0, 0.05) is 24.5 Å². The van der Waals surface area contributed by atoms with E-state index in [2.05, 4.69) is 67.4 Å². The largest absolute Gasteiger partial charge is 0.345 e. The maximum absolute atomic E-state index is 5.85.